The predicted octanol–water partition coefficient (Wildman–Crippen LogP) is 3.31. The molecule has 0 aliphatic heterocycles. The van der Waals surface area contributed by atoms with Crippen molar-refractivity contribution in [1.82, 2.24) is 5.32 Å². The second kappa shape index (κ2) is 6.88. The van der Waals surface area contributed by atoms with E-state index in [4.69, 9.17) is 18.0 Å². The number of rotatable bonds is 4. The average Bonchev–Trinajstić information content (AvgIpc) is 2.48. The first-order valence-electron chi connectivity index (χ1n) is 8.21. The molecule has 0 radical (unpaired) electrons. The van der Waals surface area contributed by atoms with E-state index in [0.717, 1.165) is 38.5 Å². The Hall–Kier alpha value is -0.640. The molecule has 2 unspecified atom stereocenters. The highest BCUT2D eigenvalue weighted by atomic mass is 32.1. The van der Waals surface area contributed by atoms with Crippen LogP contribution in [0.15, 0.2) is 0 Å². The minimum Gasteiger partial charge on any atom is -0.392 e. The van der Waals surface area contributed by atoms with Crippen LogP contribution in [0.5, 0.6) is 0 Å². The number of thiocarbonyl (C=S) groups is 1. The fourth-order valence-corrected chi connectivity index (χ4v) is 4.23. The van der Waals surface area contributed by atoms with Gasteiger partial charge < -0.3 is 11.1 Å². The molecule has 0 aromatic heterocycles. The van der Waals surface area contributed by atoms with Gasteiger partial charge in [0.25, 0.3) is 0 Å². The number of carbonyl (C=O) groups excluding carboxylic acids is 1. The molecule has 0 saturated heterocycles. The van der Waals surface area contributed by atoms with Crippen molar-refractivity contribution in [3.63, 3.8) is 0 Å². The van der Waals surface area contributed by atoms with E-state index in [1.54, 1.807) is 0 Å². The van der Waals surface area contributed by atoms with Gasteiger partial charge in [-0.15, -0.1) is 0 Å². The molecule has 2 aliphatic rings. The van der Waals surface area contributed by atoms with Gasteiger partial charge in [-0.1, -0.05) is 57.7 Å². The summed E-state index contributed by atoms with van der Waals surface area (Å²) in [4.78, 5) is 13.2. The first-order valence-corrected chi connectivity index (χ1v) is 8.62. The van der Waals surface area contributed by atoms with Crippen molar-refractivity contribution >= 4 is 23.1 Å². The van der Waals surface area contributed by atoms with Crippen LogP contribution in [0, 0.1) is 11.3 Å². The number of hydrogen-bond donors (Lipinski definition) is 2. The van der Waals surface area contributed by atoms with Crippen LogP contribution in [-0.4, -0.2) is 16.9 Å². The monoisotopic (exact) mass is 296 g/mol. The topological polar surface area (TPSA) is 55.1 Å². The third kappa shape index (κ3) is 3.16. The van der Waals surface area contributed by atoms with Crippen molar-refractivity contribution in [2.45, 2.75) is 77.2 Å². The van der Waals surface area contributed by atoms with Crippen LogP contribution in [0.1, 0.15) is 71.1 Å². The number of nitrogens with one attached hydrogen (secondary N) is 1. The molecule has 2 saturated carbocycles. The lowest BCUT2D eigenvalue weighted by molar-refractivity contribution is -0.130. The second-order valence-electron chi connectivity index (χ2n) is 6.54. The molecule has 4 heteroatoms. The number of nitrogens with two attached hydrogens (primary N) is 1. The van der Waals surface area contributed by atoms with Crippen LogP contribution in [0.25, 0.3) is 0 Å². The lowest BCUT2D eigenvalue weighted by Gasteiger charge is -2.38. The van der Waals surface area contributed by atoms with Crippen LogP contribution >= 0.6 is 12.2 Å². The Balaban J connectivity index is 2.06. The van der Waals surface area contributed by atoms with E-state index in [9.17, 15) is 4.79 Å². The van der Waals surface area contributed by atoms with Crippen LogP contribution in [0.4, 0.5) is 0 Å². The van der Waals surface area contributed by atoms with E-state index in [0.29, 0.717) is 16.9 Å². The van der Waals surface area contributed by atoms with Gasteiger partial charge in [0.15, 0.2) is 0 Å². The number of amides is 1. The van der Waals surface area contributed by atoms with Crippen molar-refractivity contribution in [3.05, 3.63) is 0 Å². The summed E-state index contributed by atoms with van der Waals surface area (Å²) in [5.41, 5.74) is 5.38. The average molecular weight is 296 g/mol. The van der Waals surface area contributed by atoms with E-state index < -0.39 is 5.41 Å². The fraction of sp³-hybridized carbons (Fsp3) is 0.875. The third-order valence-electron chi connectivity index (χ3n) is 5.36. The Morgan fingerprint density at radius 3 is 2.45 bits per heavy atom. The predicted molar refractivity (Wildman–Crippen MR) is 86.5 cm³/mol. The van der Waals surface area contributed by atoms with Crippen LogP contribution < -0.4 is 11.1 Å². The molecule has 1 amide bonds. The van der Waals surface area contributed by atoms with Crippen molar-refractivity contribution in [1.29, 1.82) is 0 Å². The largest absolute Gasteiger partial charge is 0.392 e. The van der Waals surface area contributed by atoms with E-state index in [-0.39, 0.29) is 5.91 Å². The molecular formula is C16H28N2OS. The molecule has 0 spiro atoms. The summed E-state index contributed by atoms with van der Waals surface area (Å²) in [5.74, 6) is 0.731. The van der Waals surface area contributed by atoms with Crippen LogP contribution in [0.2, 0.25) is 0 Å². The van der Waals surface area contributed by atoms with E-state index >= 15 is 0 Å². The summed E-state index contributed by atoms with van der Waals surface area (Å²) < 4.78 is 0. The molecule has 0 bridgehead atoms. The summed E-state index contributed by atoms with van der Waals surface area (Å²) in [6, 6.07) is 0.328. The van der Waals surface area contributed by atoms with Gasteiger partial charge in [0.2, 0.25) is 5.91 Å². The van der Waals surface area contributed by atoms with Crippen molar-refractivity contribution in [3.8, 4) is 0 Å². The molecule has 2 rings (SSSR count). The maximum atomic E-state index is 12.8. The number of hydrogen-bond acceptors (Lipinski definition) is 2. The summed E-state index contributed by atoms with van der Waals surface area (Å²) in [7, 11) is 0. The molecule has 3 N–H and O–H groups in total. The molecule has 114 valence electrons. The normalized spacial score (nSPS) is 29.6. The fourth-order valence-electron chi connectivity index (χ4n) is 3.93. The first kappa shape index (κ1) is 15.7. The summed E-state index contributed by atoms with van der Waals surface area (Å²) >= 11 is 5.25. The summed E-state index contributed by atoms with van der Waals surface area (Å²) in [5, 5.41) is 3.31. The minimum atomic E-state index is -0.566. The Kier molecular flexibility index (Phi) is 5.42. The lowest BCUT2D eigenvalue weighted by Crippen LogP contribution is -2.54. The maximum Gasteiger partial charge on any atom is 0.233 e. The minimum absolute atomic E-state index is 0.107. The Morgan fingerprint density at radius 1 is 1.20 bits per heavy atom. The molecule has 0 heterocycles. The van der Waals surface area contributed by atoms with Crippen molar-refractivity contribution in [2.24, 2.45) is 17.1 Å². The van der Waals surface area contributed by atoms with E-state index in [2.05, 4.69) is 12.2 Å². The molecule has 20 heavy (non-hydrogen) atoms. The van der Waals surface area contributed by atoms with Gasteiger partial charge in [0.05, 0.1) is 10.4 Å². The van der Waals surface area contributed by atoms with Gasteiger partial charge in [-0.2, -0.15) is 0 Å². The molecule has 2 atom stereocenters. The SMILES string of the molecule is CCC1CCCCC1NC(=O)C1(C(N)=S)CCCCC1. The number of carbonyl (C=O) groups is 1. The van der Waals surface area contributed by atoms with Gasteiger partial charge in [0.1, 0.15) is 0 Å². The molecule has 0 aromatic rings. The van der Waals surface area contributed by atoms with Crippen LogP contribution in [0.3, 0.4) is 0 Å². The zero-order chi connectivity index (χ0) is 14.6. The quantitative estimate of drug-likeness (QED) is 0.783. The van der Waals surface area contributed by atoms with E-state index in [1.807, 2.05) is 0 Å². The zero-order valence-corrected chi connectivity index (χ0v) is 13.4. The lowest BCUT2D eigenvalue weighted by atomic mass is 9.72. The van der Waals surface area contributed by atoms with Crippen molar-refractivity contribution < 1.29 is 4.79 Å². The summed E-state index contributed by atoms with van der Waals surface area (Å²) in [6.45, 7) is 2.22. The highest BCUT2D eigenvalue weighted by Crippen LogP contribution is 2.38. The van der Waals surface area contributed by atoms with Gasteiger partial charge in [-0.3, -0.25) is 4.79 Å². The summed E-state index contributed by atoms with van der Waals surface area (Å²) in [6.07, 6.45) is 11.0. The Bertz CT molecular complexity index is 363. The Morgan fingerprint density at radius 2 is 1.85 bits per heavy atom. The first-order chi connectivity index (χ1) is 9.60. The van der Waals surface area contributed by atoms with Gasteiger partial charge in [0, 0.05) is 6.04 Å². The standard InChI is InChI=1S/C16H28N2OS/c1-2-12-8-4-5-9-13(12)18-15(19)16(14(17)20)10-6-3-7-11-16/h12-13H,2-11H2,1H3,(H2,17,20)(H,18,19). The second-order valence-corrected chi connectivity index (χ2v) is 6.98. The van der Waals surface area contributed by atoms with Crippen LogP contribution in [-0.2, 0) is 4.79 Å². The molecule has 0 aromatic carbocycles. The molecular weight excluding hydrogens is 268 g/mol. The molecule has 2 fully saturated rings. The third-order valence-corrected chi connectivity index (χ3v) is 5.75. The molecule has 2 aliphatic carbocycles. The smallest absolute Gasteiger partial charge is 0.233 e. The van der Waals surface area contributed by atoms with Gasteiger partial charge >= 0.3 is 0 Å². The molecule has 3 nitrogen and oxygen atoms in total. The van der Waals surface area contributed by atoms with Gasteiger partial charge in [-0.05, 0) is 31.6 Å². The zero-order valence-electron chi connectivity index (χ0n) is 12.6. The Labute approximate surface area is 128 Å². The highest BCUT2D eigenvalue weighted by molar-refractivity contribution is 7.80. The van der Waals surface area contributed by atoms with Gasteiger partial charge in [-0.25, -0.2) is 0 Å². The van der Waals surface area contributed by atoms with E-state index in [1.165, 1.54) is 25.7 Å². The van der Waals surface area contributed by atoms with Crippen molar-refractivity contribution in [2.75, 3.05) is 0 Å². The maximum absolute atomic E-state index is 12.8. The highest BCUT2D eigenvalue weighted by Gasteiger charge is 2.43.